The van der Waals surface area contributed by atoms with Crippen LogP contribution in [0.2, 0.25) is 0 Å². The molecule has 2 rings (SSSR count). The molecular weight excluding hydrogens is 226 g/mol. The number of ether oxygens (including phenoxy) is 1. The number of para-hydroxylation sites is 1. The number of nitrogens with two attached hydrogens (primary N) is 1. The smallest absolute Gasteiger partial charge is 0.125 e. The van der Waals surface area contributed by atoms with E-state index in [1.807, 2.05) is 54.6 Å². The molecule has 0 amide bonds. The maximum Gasteiger partial charge on any atom is 0.125 e. The van der Waals surface area contributed by atoms with Crippen LogP contribution in [0.1, 0.15) is 17.2 Å². The Balaban J connectivity index is 2.10. The van der Waals surface area contributed by atoms with Crippen LogP contribution in [-0.4, -0.2) is 11.7 Å². The molecule has 0 aromatic heterocycles. The summed E-state index contributed by atoms with van der Waals surface area (Å²) in [6, 6.07) is 17.3. The number of rotatable bonds is 5. The lowest BCUT2D eigenvalue weighted by atomic mass is 10.1. The minimum Gasteiger partial charge on any atom is -0.489 e. The summed E-state index contributed by atoms with van der Waals surface area (Å²) in [5.41, 5.74) is 7.30. The van der Waals surface area contributed by atoms with Gasteiger partial charge < -0.3 is 15.6 Å². The SMILES string of the molecule is NC[C@@H](O)c1ccccc1OCc1ccccc1. The molecule has 0 bridgehead atoms. The summed E-state index contributed by atoms with van der Waals surface area (Å²) >= 11 is 0. The molecule has 0 radical (unpaired) electrons. The molecule has 94 valence electrons. The van der Waals surface area contributed by atoms with E-state index < -0.39 is 6.10 Å². The van der Waals surface area contributed by atoms with Crippen molar-refractivity contribution in [1.29, 1.82) is 0 Å². The van der Waals surface area contributed by atoms with Crippen LogP contribution in [0.25, 0.3) is 0 Å². The van der Waals surface area contributed by atoms with Crippen molar-refractivity contribution in [2.75, 3.05) is 6.54 Å². The zero-order chi connectivity index (χ0) is 12.8. The van der Waals surface area contributed by atoms with Crippen LogP contribution < -0.4 is 10.5 Å². The van der Waals surface area contributed by atoms with Gasteiger partial charge in [-0.05, 0) is 11.6 Å². The van der Waals surface area contributed by atoms with Gasteiger partial charge in [-0.15, -0.1) is 0 Å². The van der Waals surface area contributed by atoms with Crippen molar-refractivity contribution in [2.24, 2.45) is 5.73 Å². The Morgan fingerprint density at radius 3 is 2.39 bits per heavy atom. The van der Waals surface area contributed by atoms with Crippen molar-refractivity contribution in [1.82, 2.24) is 0 Å². The summed E-state index contributed by atoms with van der Waals surface area (Å²) in [6.45, 7) is 0.668. The monoisotopic (exact) mass is 243 g/mol. The van der Waals surface area contributed by atoms with Crippen LogP contribution >= 0.6 is 0 Å². The Morgan fingerprint density at radius 2 is 1.67 bits per heavy atom. The van der Waals surface area contributed by atoms with Gasteiger partial charge in [0.1, 0.15) is 12.4 Å². The van der Waals surface area contributed by atoms with E-state index in [-0.39, 0.29) is 6.54 Å². The highest BCUT2D eigenvalue weighted by Crippen LogP contribution is 2.25. The first-order valence-electron chi connectivity index (χ1n) is 5.95. The summed E-state index contributed by atoms with van der Waals surface area (Å²) in [5.74, 6) is 0.680. The third kappa shape index (κ3) is 3.09. The van der Waals surface area contributed by atoms with Gasteiger partial charge in [0.25, 0.3) is 0 Å². The van der Waals surface area contributed by atoms with Crippen molar-refractivity contribution < 1.29 is 9.84 Å². The number of aliphatic hydroxyl groups is 1. The third-order valence-electron chi connectivity index (χ3n) is 2.74. The largest absolute Gasteiger partial charge is 0.489 e. The highest BCUT2D eigenvalue weighted by atomic mass is 16.5. The molecule has 0 aliphatic heterocycles. The van der Waals surface area contributed by atoms with Gasteiger partial charge in [-0.25, -0.2) is 0 Å². The fourth-order valence-corrected chi connectivity index (χ4v) is 1.75. The van der Waals surface area contributed by atoms with Gasteiger partial charge in [0, 0.05) is 12.1 Å². The third-order valence-corrected chi connectivity index (χ3v) is 2.74. The molecule has 0 fully saturated rings. The fraction of sp³-hybridized carbons (Fsp3) is 0.200. The summed E-state index contributed by atoms with van der Waals surface area (Å²) in [4.78, 5) is 0. The minimum atomic E-state index is -0.683. The number of hydrogen-bond donors (Lipinski definition) is 2. The number of hydrogen-bond acceptors (Lipinski definition) is 3. The van der Waals surface area contributed by atoms with Crippen molar-refractivity contribution in [3.63, 3.8) is 0 Å². The Morgan fingerprint density at radius 1 is 1.00 bits per heavy atom. The zero-order valence-electron chi connectivity index (χ0n) is 10.1. The number of aliphatic hydroxyl groups excluding tert-OH is 1. The molecule has 0 aliphatic carbocycles. The van der Waals surface area contributed by atoms with E-state index >= 15 is 0 Å². The van der Waals surface area contributed by atoms with Gasteiger partial charge >= 0.3 is 0 Å². The average molecular weight is 243 g/mol. The Bertz CT molecular complexity index is 485. The Hall–Kier alpha value is -1.84. The quantitative estimate of drug-likeness (QED) is 0.847. The lowest BCUT2D eigenvalue weighted by Crippen LogP contribution is -2.12. The summed E-state index contributed by atoms with van der Waals surface area (Å²) < 4.78 is 5.73. The predicted octanol–water partition coefficient (Wildman–Crippen LogP) is 2.26. The van der Waals surface area contributed by atoms with Crippen LogP contribution in [0, 0.1) is 0 Å². The van der Waals surface area contributed by atoms with E-state index in [1.54, 1.807) is 0 Å². The van der Waals surface area contributed by atoms with Gasteiger partial charge in [0.15, 0.2) is 0 Å². The Labute approximate surface area is 107 Å². The van der Waals surface area contributed by atoms with E-state index in [4.69, 9.17) is 10.5 Å². The second-order valence-corrected chi connectivity index (χ2v) is 4.06. The minimum absolute atomic E-state index is 0.186. The van der Waals surface area contributed by atoms with Crippen molar-refractivity contribution in [3.05, 3.63) is 65.7 Å². The van der Waals surface area contributed by atoms with E-state index in [0.29, 0.717) is 12.4 Å². The predicted molar refractivity (Wildman–Crippen MR) is 71.2 cm³/mol. The topological polar surface area (TPSA) is 55.5 Å². The maximum absolute atomic E-state index is 9.80. The summed E-state index contributed by atoms with van der Waals surface area (Å²) in [5, 5.41) is 9.80. The Kier molecular flexibility index (Phi) is 4.34. The zero-order valence-corrected chi connectivity index (χ0v) is 10.1. The van der Waals surface area contributed by atoms with E-state index in [9.17, 15) is 5.11 Å². The van der Waals surface area contributed by atoms with E-state index in [2.05, 4.69) is 0 Å². The molecule has 3 heteroatoms. The second kappa shape index (κ2) is 6.19. The van der Waals surface area contributed by atoms with Crippen molar-refractivity contribution >= 4 is 0 Å². The maximum atomic E-state index is 9.80. The molecule has 3 nitrogen and oxygen atoms in total. The highest BCUT2D eigenvalue weighted by Gasteiger charge is 2.11. The molecule has 0 saturated carbocycles. The molecule has 3 N–H and O–H groups in total. The molecule has 0 spiro atoms. The van der Waals surface area contributed by atoms with Gasteiger partial charge in [-0.3, -0.25) is 0 Å². The van der Waals surface area contributed by atoms with Crippen molar-refractivity contribution in [2.45, 2.75) is 12.7 Å². The fourth-order valence-electron chi connectivity index (χ4n) is 1.75. The van der Waals surface area contributed by atoms with Crippen LogP contribution in [0.5, 0.6) is 5.75 Å². The normalized spacial score (nSPS) is 12.1. The first-order chi connectivity index (χ1) is 8.81. The van der Waals surface area contributed by atoms with Gasteiger partial charge in [0.2, 0.25) is 0 Å². The summed E-state index contributed by atoms with van der Waals surface area (Å²) in [6.07, 6.45) is -0.683. The molecule has 0 aliphatic rings. The van der Waals surface area contributed by atoms with Crippen molar-refractivity contribution in [3.8, 4) is 5.75 Å². The van der Waals surface area contributed by atoms with Crippen LogP contribution in [0.3, 0.4) is 0 Å². The van der Waals surface area contributed by atoms with Gasteiger partial charge in [-0.2, -0.15) is 0 Å². The molecule has 18 heavy (non-hydrogen) atoms. The molecule has 2 aromatic rings. The van der Waals surface area contributed by atoms with Crippen LogP contribution in [0.15, 0.2) is 54.6 Å². The standard InChI is InChI=1S/C15H17NO2/c16-10-14(17)13-8-4-5-9-15(13)18-11-12-6-2-1-3-7-12/h1-9,14,17H,10-11,16H2/t14-/m1/s1. The lowest BCUT2D eigenvalue weighted by molar-refractivity contribution is 0.178. The molecule has 2 aromatic carbocycles. The molecular formula is C15H17NO2. The first-order valence-corrected chi connectivity index (χ1v) is 5.95. The highest BCUT2D eigenvalue weighted by molar-refractivity contribution is 5.35. The van der Waals surface area contributed by atoms with Crippen LogP contribution in [0.4, 0.5) is 0 Å². The lowest BCUT2D eigenvalue weighted by Gasteiger charge is -2.14. The summed E-state index contributed by atoms with van der Waals surface area (Å²) in [7, 11) is 0. The van der Waals surface area contributed by atoms with E-state index in [1.165, 1.54) is 0 Å². The van der Waals surface area contributed by atoms with Crippen LogP contribution in [-0.2, 0) is 6.61 Å². The van der Waals surface area contributed by atoms with Gasteiger partial charge in [0.05, 0.1) is 6.10 Å². The first kappa shape index (κ1) is 12.6. The second-order valence-electron chi connectivity index (χ2n) is 4.06. The molecule has 0 saturated heterocycles. The molecule has 0 unspecified atom stereocenters. The average Bonchev–Trinajstić information content (AvgIpc) is 2.45. The molecule has 0 heterocycles. The van der Waals surface area contributed by atoms with Gasteiger partial charge in [-0.1, -0.05) is 48.5 Å². The number of benzene rings is 2. The molecule has 1 atom stereocenters. The van der Waals surface area contributed by atoms with E-state index in [0.717, 1.165) is 11.1 Å².